The number of guanidine groups is 1. The highest BCUT2D eigenvalue weighted by atomic mass is 16.5. The molecule has 0 saturated heterocycles. The van der Waals surface area contributed by atoms with Crippen LogP contribution in [-0.4, -0.2) is 53.0 Å². The van der Waals surface area contributed by atoms with Crippen LogP contribution in [0.4, 0.5) is 5.69 Å². The van der Waals surface area contributed by atoms with E-state index in [4.69, 9.17) is 18.9 Å². The number of nitrogens with zero attached hydrogens (tertiary/aromatic N) is 1. The molecule has 0 fully saturated rings. The first-order valence-electron chi connectivity index (χ1n) is 10.1. The average Bonchev–Trinajstić information content (AvgIpc) is 2.80. The second kappa shape index (κ2) is 13.1. The summed E-state index contributed by atoms with van der Waals surface area (Å²) in [5.74, 6) is 1.41. The first-order valence-corrected chi connectivity index (χ1v) is 10.1. The molecule has 8 heteroatoms. The predicted molar refractivity (Wildman–Crippen MR) is 121 cm³/mol. The van der Waals surface area contributed by atoms with E-state index in [1.165, 1.54) is 14.2 Å². The lowest BCUT2D eigenvalue weighted by Gasteiger charge is -2.13. The van der Waals surface area contributed by atoms with Gasteiger partial charge in [-0.1, -0.05) is 12.1 Å². The minimum atomic E-state index is -0.449. The number of aliphatic imine (C=N–C) groups is 1. The normalized spacial score (nSPS) is 11.0. The lowest BCUT2D eigenvalue weighted by molar-refractivity contribution is 0.0597. The van der Waals surface area contributed by atoms with Crippen molar-refractivity contribution < 1.29 is 23.7 Å². The standard InChI is InChI=1S/C23H31N3O5/c1-5-24-23(26-18-8-6-9-19(15-18)31-13-7-12-28-2)25-16-17-10-11-21(29-3)20(14-17)22(27)30-4/h6,8-11,14-15H,5,7,12-13,16H2,1-4H3,(H2,24,25,26). The third kappa shape index (κ3) is 7.82. The average molecular weight is 430 g/mol. The number of ether oxygens (including phenoxy) is 4. The van der Waals surface area contributed by atoms with Crippen LogP contribution in [0.15, 0.2) is 47.5 Å². The summed E-state index contributed by atoms with van der Waals surface area (Å²) in [5.41, 5.74) is 2.08. The fraction of sp³-hybridized carbons (Fsp3) is 0.391. The molecule has 0 aliphatic rings. The Bertz CT molecular complexity index is 870. The molecular formula is C23H31N3O5. The van der Waals surface area contributed by atoms with Crippen molar-refractivity contribution in [2.75, 3.05) is 46.4 Å². The Labute approximate surface area is 183 Å². The van der Waals surface area contributed by atoms with Gasteiger partial charge in [-0.15, -0.1) is 0 Å². The molecule has 0 aromatic heterocycles. The third-order valence-electron chi connectivity index (χ3n) is 4.29. The monoisotopic (exact) mass is 429 g/mol. The van der Waals surface area contributed by atoms with Gasteiger partial charge in [-0.3, -0.25) is 0 Å². The number of hydrogen-bond acceptors (Lipinski definition) is 6. The van der Waals surface area contributed by atoms with Crippen LogP contribution in [0.2, 0.25) is 0 Å². The number of carbonyl (C=O) groups excluding carboxylic acids is 1. The number of esters is 1. The highest BCUT2D eigenvalue weighted by molar-refractivity contribution is 5.94. The van der Waals surface area contributed by atoms with Gasteiger partial charge in [0.25, 0.3) is 0 Å². The van der Waals surface area contributed by atoms with Crippen molar-refractivity contribution >= 4 is 17.6 Å². The van der Waals surface area contributed by atoms with Gasteiger partial charge in [0.1, 0.15) is 17.1 Å². The lowest BCUT2D eigenvalue weighted by Crippen LogP contribution is -2.30. The Morgan fingerprint density at radius 1 is 1.06 bits per heavy atom. The Hall–Kier alpha value is -3.26. The van der Waals surface area contributed by atoms with Gasteiger partial charge < -0.3 is 29.6 Å². The Morgan fingerprint density at radius 2 is 1.90 bits per heavy atom. The van der Waals surface area contributed by atoms with Gasteiger partial charge in [0.15, 0.2) is 5.96 Å². The zero-order valence-electron chi connectivity index (χ0n) is 18.6. The fourth-order valence-electron chi connectivity index (χ4n) is 2.79. The maximum Gasteiger partial charge on any atom is 0.341 e. The van der Waals surface area contributed by atoms with Gasteiger partial charge in [0, 0.05) is 38.4 Å². The molecule has 2 N–H and O–H groups in total. The van der Waals surface area contributed by atoms with Crippen LogP contribution in [0.25, 0.3) is 0 Å². The molecule has 0 unspecified atom stereocenters. The molecule has 0 aliphatic heterocycles. The number of carbonyl (C=O) groups is 1. The largest absolute Gasteiger partial charge is 0.496 e. The highest BCUT2D eigenvalue weighted by Crippen LogP contribution is 2.21. The fourth-order valence-corrected chi connectivity index (χ4v) is 2.79. The number of benzene rings is 2. The van der Waals surface area contributed by atoms with E-state index >= 15 is 0 Å². The molecule has 0 atom stereocenters. The van der Waals surface area contributed by atoms with Crippen molar-refractivity contribution in [3.05, 3.63) is 53.6 Å². The smallest absolute Gasteiger partial charge is 0.341 e. The van der Waals surface area contributed by atoms with E-state index < -0.39 is 5.97 Å². The molecule has 2 aromatic carbocycles. The van der Waals surface area contributed by atoms with E-state index in [-0.39, 0.29) is 0 Å². The number of rotatable bonds is 11. The molecule has 0 aliphatic carbocycles. The minimum absolute atomic E-state index is 0.369. The van der Waals surface area contributed by atoms with Gasteiger partial charge in [0.05, 0.1) is 27.4 Å². The molecule has 2 rings (SSSR count). The first kappa shape index (κ1) is 24.0. The molecular weight excluding hydrogens is 398 g/mol. The Balaban J connectivity index is 2.09. The topological polar surface area (TPSA) is 90.4 Å². The summed E-state index contributed by atoms with van der Waals surface area (Å²) in [4.78, 5) is 16.6. The van der Waals surface area contributed by atoms with Crippen LogP contribution in [-0.2, 0) is 16.0 Å². The molecule has 0 spiro atoms. The molecule has 0 bridgehead atoms. The number of nitrogens with one attached hydrogen (secondary N) is 2. The lowest BCUT2D eigenvalue weighted by atomic mass is 10.1. The van der Waals surface area contributed by atoms with Crippen LogP contribution in [0.1, 0.15) is 29.3 Å². The maximum absolute atomic E-state index is 12.0. The summed E-state index contributed by atoms with van der Waals surface area (Å²) in [6, 6.07) is 13.0. The molecule has 0 saturated carbocycles. The van der Waals surface area contributed by atoms with Crippen LogP contribution in [0.5, 0.6) is 11.5 Å². The van der Waals surface area contributed by atoms with E-state index in [1.54, 1.807) is 19.2 Å². The molecule has 168 valence electrons. The minimum Gasteiger partial charge on any atom is -0.496 e. The summed E-state index contributed by atoms with van der Waals surface area (Å²) < 4.78 is 20.9. The van der Waals surface area contributed by atoms with Gasteiger partial charge in [-0.2, -0.15) is 0 Å². The van der Waals surface area contributed by atoms with Crippen molar-refractivity contribution in [3.63, 3.8) is 0 Å². The van der Waals surface area contributed by atoms with Crippen LogP contribution in [0.3, 0.4) is 0 Å². The molecule has 0 radical (unpaired) electrons. The van der Waals surface area contributed by atoms with Crippen LogP contribution >= 0.6 is 0 Å². The van der Waals surface area contributed by atoms with E-state index in [1.807, 2.05) is 37.3 Å². The summed E-state index contributed by atoms with van der Waals surface area (Å²) in [6.07, 6.45) is 0.827. The molecule has 8 nitrogen and oxygen atoms in total. The molecule has 0 heterocycles. The van der Waals surface area contributed by atoms with Gasteiger partial charge in [-0.05, 0) is 36.8 Å². The van der Waals surface area contributed by atoms with Gasteiger partial charge >= 0.3 is 5.97 Å². The summed E-state index contributed by atoms with van der Waals surface area (Å²) in [5, 5.41) is 6.50. The van der Waals surface area contributed by atoms with Gasteiger partial charge in [-0.25, -0.2) is 9.79 Å². The van der Waals surface area contributed by atoms with E-state index in [0.29, 0.717) is 43.6 Å². The number of hydrogen-bond donors (Lipinski definition) is 2. The van der Waals surface area contributed by atoms with Gasteiger partial charge in [0.2, 0.25) is 0 Å². The van der Waals surface area contributed by atoms with Crippen molar-refractivity contribution in [2.24, 2.45) is 4.99 Å². The summed E-state index contributed by atoms with van der Waals surface area (Å²) in [6.45, 7) is 4.32. The Kier molecular flexibility index (Phi) is 10.2. The first-order chi connectivity index (χ1) is 15.1. The van der Waals surface area contributed by atoms with E-state index in [9.17, 15) is 4.79 Å². The molecule has 0 amide bonds. The quantitative estimate of drug-likeness (QED) is 0.245. The summed E-state index contributed by atoms with van der Waals surface area (Å²) in [7, 11) is 4.53. The SMILES string of the molecule is CCNC(=NCc1ccc(OC)c(C(=O)OC)c1)Nc1cccc(OCCCOC)c1. The van der Waals surface area contributed by atoms with Crippen molar-refractivity contribution in [2.45, 2.75) is 19.9 Å². The van der Waals surface area contributed by atoms with E-state index in [2.05, 4.69) is 15.6 Å². The highest BCUT2D eigenvalue weighted by Gasteiger charge is 2.13. The predicted octanol–water partition coefficient (Wildman–Crippen LogP) is 3.47. The molecule has 2 aromatic rings. The third-order valence-corrected chi connectivity index (χ3v) is 4.29. The number of anilines is 1. The van der Waals surface area contributed by atoms with Crippen molar-refractivity contribution in [3.8, 4) is 11.5 Å². The van der Waals surface area contributed by atoms with Crippen molar-refractivity contribution in [1.29, 1.82) is 0 Å². The molecule has 31 heavy (non-hydrogen) atoms. The summed E-state index contributed by atoms with van der Waals surface area (Å²) >= 11 is 0. The van der Waals surface area contributed by atoms with Crippen molar-refractivity contribution in [1.82, 2.24) is 5.32 Å². The second-order valence-corrected chi connectivity index (χ2v) is 6.57. The zero-order chi connectivity index (χ0) is 22.5. The van der Waals surface area contributed by atoms with Crippen LogP contribution < -0.4 is 20.1 Å². The van der Waals surface area contributed by atoms with E-state index in [0.717, 1.165) is 23.4 Å². The zero-order valence-corrected chi connectivity index (χ0v) is 18.6. The maximum atomic E-state index is 12.0. The van der Waals surface area contributed by atoms with Crippen LogP contribution in [0, 0.1) is 0 Å². The Morgan fingerprint density at radius 3 is 2.61 bits per heavy atom. The number of methoxy groups -OCH3 is 3. The second-order valence-electron chi connectivity index (χ2n) is 6.57.